The predicted molar refractivity (Wildman–Crippen MR) is 90.3 cm³/mol. The van der Waals surface area contributed by atoms with E-state index in [0.29, 0.717) is 27.9 Å². The molecule has 3 aromatic rings. The molecule has 0 fully saturated rings. The number of hydrogen-bond acceptors (Lipinski definition) is 5. The van der Waals surface area contributed by atoms with Crippen molar-refractivity contribution in [3.8, 4) is 5.75 Å². The highest BCUT2D eigenvalue weighted by atomic mass is 32.2. The Kier molecular flexibility index (Phi) is 4.11. The Bertz CT molecular complexity index is 1020. The van der Waals surface area contributed by atoms with Gasteiger partial charge in [0.05, 0.1) is 24.7 Å². The number of sulfone groups is 1. The number of aldehydes is 1. The normalized spacial score (nSPS) is 11.6. The van der Waals surface area contributed by atoms with Crippen molar-refractivity contribution in [3.05, 3.63) is 53.6 Å². The van der Waals surface area contributed by atoms with Gasteiger partial charge in [0.25, 0.3) is 0 Å². The first kappa shape index (κ1) is 16.2. The van der Waals surface area contributed by atoms with Gasteiger partial charge in [-0.05, 0) is 30.3 Å². The third-order valence-corrected chi connectivity index (χ3v) is 4.70. The lowest BCUT2D eigenvalue weighted by Crippen LogP contribution is -2.11. The summed E-state index contributed by atoms with van der Waals surface area (Å²) in [5.74, 6) is 0.581. The summed E-state index contributed by atoms with van der Waals surface area (Å²) in [5, 5.41) is -0.0118. The molecular weight excluding hydrogens is 328 g/mol. The second-order valence-corrected chi connectivity index (χ2v) is 7.34. The average Bonchev–Trinajstić information content (AvgIpc) is 2.94. The Morgan fingerprint density at radius 1 is 1.21 bits per heavy atom. The predicted octanol–water partition coefficient (Wildman–Crippen LogP) is 2.31. The van der Waals surface area contributed by atoms with Crippen LogP contribution in [-0.2, 0) is 16.4 Å². The van der Waals surface area contributed by atoms with E-state index in [9.17, 15) is 13.2 Å². The molecule has 0 saturated carbocycles. The van der Waals surface area contributed by atoms with Crippen molar-refractivity contribution >= 4 is 27.2 Å². The standard InChI is InChI=1S/C17H16N2O4S/c1-23-16-8-7-12(11-20)9-13(16)10-19-15-6-4-3-5-14(15)18-17(19)24(2,21)22/h3-9,11H,10H2,1-2H3. The first-order chi connectivity index (χ1) is 11.4. The van der Waals surface area contributed by atoms with E-state index in [2.05, 4.69) is 4.98 Å². The number of rotatable bonds is 5. The van der Waals surface area contributed by atoms with Gasteiger partial charge in [0.15, 0.2) is 0 Å². The van der Waals surface area contributed by atoms with Crippen LogP contribution in [-0.4, -0.2) is 37.6 Å². The van der Waals surface area contributed by atoms with Crippen LogP contribution in [0.25, 0.3) is 11.0 Å². The Morgan fingerprint density at radius 2 is 1.96 bits per heavy atom. The maximum absolute atomic E-state index is 12.1. The maximum atomic E-state index is 12.1. The van der Waals surface area contributed by atoms with Gasteiger partial charge in [-0.15, -0.1) is 0 Å². The van der Waals surface area contributed by atoms with Gasteiger partial charge in [-0.1, -0.05) is 12.1 Å². The van der Waals surface area contributed by atoms with Crippen molar-refractivity contribution in [2.75, 3.05) is 13.4 Å². The summed E-state index contributed by atoms with van der Waals surface area (Å²) in [5.41, 5.74) is 2.51. The molecule has 0 amide bonds. The molecule has 0 atom stereocenters. The number of ether oxygens (including phenoxy) is 1. The quantitative estimate of drug-likeness (QED) is 0.664. The van der Waals surface area contributed by atoms with Crippen molar-refractivity contribution in [2.24, 2.45) is 0 Å². The molecule has 0 unspecified atom stereocenters. The van der Waals surface area contributed by atoms with E-state index >= 15 is 0 Å². The van der Waals surface area contributed by atoms with Crippen molar-refractivity contribution in [3.63, 3.8) is 0 Å². The molecule has 0 spiro atoms. The Morgan fingerprint density at radius 3 is 2.62 bits per heavy atom. The van der Waals surface area contributed by atoms with Crippen molar-refractivity contribution in [1.82, 2.24) is 9.55 Å². The molecule has 2 aromatic carbocycles. The van der Waals surface area contributed by atoms with Crippen LogP contribution < -0.4 is 4.74 Å². The molecule has 0 N–H and O–H groups in total. The van der Waals surface area contributed by atoms with Crippen LogP contribution in [0.2, 0.25) is 0 Å². The fourth-order valence-electron chi connectivity index (χ4n) is 2.65. The number of fused-ring (bicyclic) bond motifs is 1. The molecule has 0 aliphatic heterocycles. The van der Waals surface area contributed by atoms with Gasteiger partial charge in [0.1, 0.15) is 12.0 Å². The SMILES string of the molecule is COc1ccc(C=O)cc1Cn1c(S(C)(=O)=O)nc2ccccc21. The van der Waals surface area contributed by atoms with Gasteiger partial charge in [0.2, 0.25) is 15.0 Å². The molecule has 0 radical (unpaired) electrons. The van der Waals surface area contributed by atoms with Gasteiger partial charge in [0, 0.05) is 17.4 Å². The minimum Gasteiger partial charge on any atom is -0.496 e. The number of methoxy groups -OCH3 is 1. The van der Waals surface area contributed by atoms with E-state index in [1.54, 1.807) is 34.9 Å². The molecule has 0 bridgehead atoms. The van der Waals surface area contributed by atoms with Crippen LogP contribution in [0.1, 0.15) is 15.9 Å². The zero-order chi connectivity index (χ0) is 17.3. The molecule has 24 heavy (non-hydrogen) atoms. The van der Waals surface area contributed by atoms with Gasteiger partial charge in [-0.2, -0.15) is 0 Å². The Hall–Kier alpha value is -2.67. The van der Waals surface area contributed by atoms with Crippen LogP contribution in [0.15, 0.2) is 47.6 Å². The van der Waals surface area contributed by atoms with Crippen molar-refractivity contribution in [1.29, 1.82) is 0 Å². The highest BCUT2D eigenvalue weighted by molar-refractivity contribution is 7.90. The van der Waals surface area contributed by atoms with E-state index in [0.717, 1.165) is 12.5 Å². The minimum absolute atomic E-state index is 0.0118. The highest BCUT2D eigenvalue weighted by Crippen LogP contribution is 2.25. The lowest BCUT2D eigenvalue weighted by atomic mass is 10.1. The first-order valence-corrected chi connectivity index (χ1v) is 9.10. The second-order valence-electron chi connectivity index (χ2n) is 5.43. The van der Waals surface area contributed by atoms with Crippen molar-refractivity contribution < 1.29 is 17.9 Å². The molecule has 7 heteroatoms. The van der Waals surface area contributed by atoms with E-state index in [4.69, 9.17) is 4.74 Å². The van der Waals surface area contributed by atoms with Gasteiger partial charge >= 0.3 is 0 Å². The lowest BCUT2D eigenvalue weighted by Gasteiger charge is -2.12. The van der Waals surface area contributed by atoms with Gasteiger partial charge < -0.3 is 9.30 Å². The van der Waals surface area contributed by atoms with Crippen LogP contribution in [0.3, 0.4) is 0 Å². The van der Waals surface area contributed by atoms with Crippen LogP contribution in [0, 0.1) is 0 Å². The molecule has 0 aliphatic carbocycles. The Balaban J connectivity index is 2.22. The summed E-state index contributed by atoms with van der Waals surface area (Å²) in [4.78, 5) is 15.3. The minimum atomic E-state index is -3.51. The van der Waals surface area contributed by atoms with E-state index in [-0.39, 0.29) is 11.7 Å². The largest absolute Gasteiger partial charge is 0.496 e. The first-order valence-electron chi connectivity index (χ1n) is 7.21. The lowest BCUT2D eigenvalue weighted by molar-refractivity contribution is 0.112. The number of benzene rings is 2. The zero-order valence-corrected chi connectivity index (χ0v) is 14.1. The molecule has 1 heterocycles. The summed E-state index contributed by atoms with van der Waals surface area (Å²) >= 11 is 0. The van der Waals surface area contributed by atoms with Crippen molar-refractivity contribution in [2.45, 2.75) is 11.7 Å². The number of carbonyl (C=O) groups excluding carboxylic acids is 1. The van der Waals surface area contributed by atoms with Crippen LogP contribution in [0.5, 0.6) is 5.75 Å². The van der Waals surface area contributed by atoms with Crippen LogP contribution >= 0.6 is 0 Å². The summed E-state index contributed by atoms with van der Waals surface area (Å²) in [6.45, 7) is 0.230. The number of nitrogens with zero attached hydrogens (tertiary/aromatic N) is 2. The number of para-hydroxylation sites is 2. The van der Waals surface area contributed by atoms with Crippen LogP contribution in [0.4, 0.5) is 0 Å². The monoisotopic (exact) mass is 344 g/mol. The number of aromatic nitrogens is 2. The fourth-order valence-corrected chi connectivity index (χ4v) is 3.48. The fraction of sp³-hybridized carbons (Fsp3) is 0.176. The highest BCUT2D eigenvalue weighted by Gasteiger charge is 2.20. The maximum Gasteiger partial charge on any atom is 0.228 e. The summed E-state index contributed by atoms with van der Waals surface area (Å²) in [6, 6.07) is 12.2. The van der Waals surface area contributed by atoms with Gasteiger partial charge in [-0.25, -0.2) is 13.4 Å². The van der Waals surface area contributed by atoms with E-state index < -0.39 is 9.84 Å². The summed E-state index contributed by atoms with van der Waals surface area (Å²) < 4.78 is 31.2. The van der Waals surface area contributed by atoms with E-state index in [1.807, 2.05) is 12.1 Å². The molecule has 0 aliphatic rings. The topological polar surface area (TPSA) is 78.3 Å². The molecule has 6 nitrogen and oxygen atoms in total. The molecule has 124 valence electrons. The number of carbonyl (C=O) groups is 1. The Labute approximate surface area is 139 Å². The summed E-state index contributed by atoms with van der Waals surface area (Å²) in [6.07, 6.45) is 1.87. The average molecular weight is 344 g/mol. The smallest absolute Gasteiger partial charge is 0.228 e. The number of hydrogen-bond donors (Lipinski definition) is 0. The van der Waals surface area contributed by atoms with Gasteiger partial charge in [-0.3, -0.25) is 4.79 Å². The molecule has 0 saturated heterocycles. The second kappa shape index (κ2) is 6.09. The third kappa shape index (κ3) is 2.90. The summed E-state index contributed by atoms with van der Waals surface area (Å²) in [7, 11) is -1.98. The third-order valence-electron chi connectivity index (χ3n) is 3.72. The number of imidazole rings is 1. The molecule has 1 aromatic heterocycles. The molecule has 3 rings (SSSR count). The van der Waals surface area contributed by atoms with E-state index in [1.165, 1.54) is 7.11 Å². The molecular formula is C17H16N2O4S. The zero-order valence-electron chi connectivity index (χ0n) is 13.3.